The Morgan fingerprint density at radius 2 is 1.90 bits per heavy atom. The molecule has 0 amide bonds. The first kappa shape index (κ1) is 13.2. The molecule has 104 valence electrons. The van der Waals surface area contributed by atoms with Crippen molar-refractivity contribution >= 4 is 5.57 Å². The fourth-order valence-corrected chi connectivity index (χ4v) is 3.12. The van der Waals surface area contributed by atoms with Crippen LogP contribution in [0.5, 0.6) is 0 Å². The minimum absolute atomic E-state index is 0.552. The first-order chi connectivity index (χ1) is 9.76. The van der Waals surface area contributed by atoms with Gasteiger partial charge in [-0.25, -0.2) is 0 Å². The summed E-state index contributed by atoms with van der Waals surface area (Å²) in [4.78, 5) is 0. The lowest BCUT2D eigenvalue weighted by atomic mass is 9.90. The Hall–Kier alpha value is -1.84. The molecule has 0 aromatic heterocycles. The SMILES string of the molecule is Cc1c(CN)ccc(CN)c1C1=CCC2=C1NCC=C2. The summed E-state index contributed by atoms with van der Waals surface area (Å²) in [6, 6.07) is 4.21. The maximum atomic E-state index is 5.94. The Balaban J connectivity index is 2.15. The van der Waals surface area contributed by atoms with E-state index < -0.39 is 0 Å². The third-order valence-corrected chi connectivity index (χ3v) is 4.20. The Kier molecular flexibility index (Phi) is 3.47. The van der Waals surface area contributed by atoms with Gasteiger partial charge in [-0.3, -0.25) is 0 Å². The van der Waals surface area contributed by atoms with Crippen molar-refractivity contribution in [3.8, 4) is 0 Å². The Morgan fingerprint density at radius 1 is 1.15 bits per heavy atom. The van der Waals surface area contributed by atoms with Gasteiger partial charge in [0.1, 0.15) is 0 Å². The molecular weight excluding hydrogens is 246 g/mol. The quantitative estimate of drug-likeness (QED) is 0.786. The smallest absolute Gasteiger partial charge is 0.0455 e. The standard InChI is InChI=1S/C17H21N3/c1-11-13(9-18)4-5-14(10-19)16(11)15-7-6-12-3-2-8-20-17(12)15/h2-5,7,20H,6,8-10,18-19H2,1H3. The monoisotopic (exact) mass is 267 g/mol. The highest BCUT2D eigenvalue weighted by Crippen LogP contribution is 2.37. The van der Waals surface area contributed by atoms with Crippen LogP contribution < -0.4 is 16.8 Å². The maximum absolute atomic E-state index is 5.94. The zero-order valence-electron chi connectivity index (χ0n) is 11.9. The van der Waals surface area contributed by atoms with Gasteiger partial charge in [0.25, 0.3) is 0 Å². The third kappa shape index (κ3) is 1.99. The van der Waals surface area contributed by atoms with Crippen molar-refractivity contribution < 1.29 is 0 Å². The molecule has 0 spiro atoms. The van der Waals surface area contributed by atoms with Crippen LogP contribution in [0.3, 0.4) is 0 Å². The van der Waals surface area contributed by atoms with E-state index in [0.717, 1.165) is 13.0 Å². The molecule has 20 heavy (non-hydrogen) atoms. The van der Waals surface area contributed by atoms with Gasteiger partial charge < -0.3 is 16.8 Å². The van der Waals surface area contributed by atoms with Gasteiger partial charge in [-0.1, -0.05) is 30.4 Å². The molecule has 1 aliphatic heterocycles. The molecule has 0 atom stereocenters. The van der Waals surface area contributed by atoms with Crippen molar-refractivity contribution in [2.24, 2.45) is 11.5 Å². The molecular formula is C17H21N3. The van der Waals surface area contributed by atoms with Crippen LogP contribution in [0, 0.1) is 6.92 Å². The van der Waals surface area contributed by atoms with Crippen LogP contribution >= 0.6 is 0 Å². The van der Waals surface area contributed by atoms with Crippen molar-refractivity contribution in [1.82, 2.24) is 5.32 Å². The molecule has 3 nitrogen and oxygen atoms in total. The van der Waals surface area contributed by atoms with E-state index >= 15 is 0 Å². The summed E-state index contributed by atoms with van der Waals surface area (Å²) in [5.41, 5.74) is 20.6. The van der Waals surface area contributed by atoms with Gasteiger partial charge in [0.05, 0.1) is 0 Å². The van der Waals surface area contributed by atoms with Crippen LogP contribution in [0.15, 0.2) is 41.6 Å². The number of nitrogens with two attached hydrogens (primary N) is 2. The van der Waals surface area contributed by atoms with Crippen LogP contribution in [0.1, 0.15) is 28.7 Å². The molecule has 0 saturated heterocycles. The van der Waals surface area contributed by atoms with Crippen molar-refractivity contribution in [3.05, 3.63) is 63.9 Å². The van der Waals surface area contributed by atoms with Gasteiger partial charge in [-0.2, -0.15) is 0 Å². The van der Waals surface area contributed by atoms with E-state index in [0.29, 0.717) is 13.1 Å². The number of hydrogen-bond acceptors (Lipinski definition) is 3. The molecule has 2 aliphatic rings. The second-order valence-electron chi connectivity index (χ2n) is 5.30. The summed E-state index contributed by atoms with van der Waals surface area (Å²) >= 11 is 0. The van der Waals surface area contributed by atoms with Gasteiger partial charge >= 0.3 is 0 Å². The largest absolute Gasteiger partial charge is 0.381 e. The molecule has 1 aromatic rings. The molecule has 0 bridgehead atoms. The summed E-state index contributed by atoms with van der Waals surface area (Å²) in [5.74, 6) is 0. The molecule has 1 heterocycles. The summed E-state index contributed by atoms with van der Waals surface area (Å²) in [6.45, 7) is 4.16. The minimum atomic E-state index is 0.552. The summed E-state index contributed by atoms with van der Waals surface area (Å²) in [5, 5.41) is 3.50. The Bertz CT molecular complexity index is 636. The molecule has 5 N–H and O–H groups in total. The highest BCUT2D eigenvalue weighted by Gasteiger charge is 2.22. The maximum Gasteiger partial charge on any atom is 0.0455 e. The van der Waals surface area contributed by atoms with Crippen LogP contribution in [0.4, 0.5) is 0 Å². The van der Waals surface area contributed by atoms with Crippen molar-refractivity contribution in [1.29, 1.82) is 0 Å². The lowest BCUT2D eigenvalue weighted by molar-refractivity contribution is 0.909. The first-order valence-electron chi connectivity index (χ1n) is 7.12. The van der Waals surface area contributed by atoms with E-state index in [9.17, 15) is 0 Å². The Labute approximate surface area is 120 Å². The number of dihydropyridines is 1. The van der Waals surface area contributed by atoms with E-state index in [4.69, 9.17) is 11.5 Å². The second kappa shape index (κ2) is 5.27. The normalized spacial score (nSPS) is 17.1. The molecule has 0 fully saturated rings. The van der Waals surface area contributed by atoms with Crippen LogP contribution in [-0.2, 0) is 13.1 Å². The van der Waals surface area contributed by atoms with Crippen LogP contribution in [0.2, 0.25) is 0 Å². The summed E-state index contributed by atoms with van der Waals surface area (Å²) in [7, 11) is 0. The van der Waals surface area contributed by atoms with Crippen molar-refractivity contribution in [2.45, 2.75) is 26.4 Å². The van der Waals surface area contributed by atoms with Crippen molar-refractivity contribution in [2.75, 3.05) is 6.54 Å². The van der Waals surface area contributed by atoms with E-state index in [1.807, 2.05) is 0 Å². The van der Waals surface area contributed by atoms with E-state index in [1.165, 1.54) is 39.1 Å². The fourth-order valence-electron chi connectivity index (χ4n) is 3.12. The number of nitrogens with one attached hydrogen (secondary N) is 1. The van der Waals surface area contributed by atoms with E-state index in [2.05, 4.69) is 42.6 Å². The number of benzene rings is 1. The summed E-state index contributed by atoms with van der Waals surface area (Å²) in [6.07, 6.45) is 7.68. The number of allylic oxidation sites excluding steroid dienone is 4. The predicted octanol–water partition coefficient (Wildman–Crippen LogP) is 2.11. The van der Waals surface area contributed by atoms with Gasteiger partial charge in [0, 0.05) is 30.9 Å². The average Bonchev–Trinajstić information content (AvgIpc) is 2.90. The fraction of sp³-hybridized carbons (Fsp3) is 0.294. The van der Waals surface area contributed by atoms with E-state index in [1.54, 1.807) is 0 Å². The van der Waals surface area contributed by atoms with Crippen LogP contribution in [-0.4, -0.2) is 6.54 Å². The molecule has 1 aromatic carbocycles. The van der Waals surface area contributed by atoms with Gasteiger partial charge in [0.15, 0.2) is 0 Å². The molecule has 0 unspecified atom stereocenters. The molecule has 3 heteroatoms. The first-order valence-corrected chi connectivity index (χ1v) is 7.12. The minimum Gasteiger partial charge on any atom is -0.381 e. The van der Waals surface area contributed by atoms with Gasteiger partial charge in [0.2, 0.25) is 0 Å². The lowest BCUT2D eigenvalue weighted by Crippen LogP contribution is -2.19. The number of rotatable bonds is 3. The summed E-state index contributed by atoms with van der Waals surface area (Å²) < 4.78 is 0. The number of hydrogen-bond donors (Lipinski definition) is 3. The Morgan fingerprint density at radius 3 is 2.65 bits per heavy atom. The predicted molar refractivity (Wildman–Crippen MR) is 83.7 cm³/mol. The topological polar surface area (TPSA) is 64.1 Å². The molecule has 0 radical (unpaired) electrons. The molecule has 3 rings (SSSR count). The van der Waals surface area contributed by atoms with Crippen molar-refractivity contribution in [3.63, 3.8) is 0 Å². The second-order valence-corrected chi connectivity index (χ2v) is 5.30. The average molecular weight is 267 g/mol. The molecule has 0 saturated carbocycles. The van der Waals surface area contributed by atoms with Crippen LogP contribution in [0.25, 0.3) is 5.57 Å². The molecule has 1 aliphatic carbocycles. The van der Waals surface area contributed by atoms with Gasteiger partial charge in [-0.15, -0.1) is 0 Å². The zero-order valence-corrected chi connectivity index (χ0v) is 11.9. The highest BCUT2D eigenvalue weighted by molar-refractivity contribution is 5.86. The lowest BCUT2D eigenvalue weighted by Gasteiger charge is -2.20. The van der Waals surface area contributed by atoms with E-state index in [-0.39, 0.29) is 0 Å². The third-order valence-electron chi connectivity index (χ3n) is 4.20. The highest BCUT2D eigenvalue weighted by atomic mass is 14.9. The van der Waals surface area contributed by atoms with Gasteiger partial charge in [-0.05, 0) is 41.2 Å². The zero-order chi connectivity index (χ0) is 14.1.